The van der Waals surface area contributed by atoms with E-state index in [-0.39, 0.29) is 0 Å². The summed E-state index contributed by atoms with van der Waals surface area (Å²) in [6.45, 7) is 5.84. The van der Waals surface area contributed by atoms with Crippen LogP contribution in [0.2, 0.25) is 0 Å². The Morgan fingerprint density at radius 1 is 1.25 bits per heavy atom. The Labute approximate surface area is 74.2 Å². The van der Waals surface area contributed by atoms with E-state index in [4.69, 9.17) is 0 Å². The van der Waals surface area contributed by atoms with E-state index in [9.17, 15) is 0 Å². The van der Waals surface area contributed by atoms with Crippen molar-refractivity contribution in [1.82, 2.24) is 0 Å². The van der Waals surface area contributed by atoms with Gasteiger partial charge < -0.3 is 0 Å². The summed E-state index contributed by atoms with van der Waals surface area (Å²) in [6, 6.07) is 10.3. The quantitative estimate of drug-likeness (QED) is 0.590. The van der Waals surface area contributed by atoms with Gasteiger partial charge in [-0.05, 0) is 11.5 Å². The number of allylic oxidation sites excluding steroid dienone is 2. The first-order valence-corrected chi connectivity index (χ1v) is 4.18. The molecular formula is C12H14. The molecule has 0 nitrogen and oxygen atoms in total. The molecule has 1 aromatic rings. The lowest BCUT2D eigenvalue weighted by atomic mass is 10.1. The van der Waals surface area contributed by atoms with E-state index < -0.39 is 0 Å². The second-order valence-corrected chi connectivity index (χ2v) is 2.86. The molecule has 0 saturated carbocycles. The summed E-state index contributed by atoms with van der Waals surface area (Å²) < 4.78 is 0. The Balaban J connectivity index is 2.63. The maximum atomic E-state index is 3.72. The van der Waals surface area contributed by atoms with Gasteiger partial charge in [0.25, 0.3) is 0 Å². The molecule has 0 N–H and O–H groups in total. The van der Waals surface area contributed by atoms with Crippen molar-refractivity contribution in [2.45, 2.75) is 6.92 Å². The van der Waals surface area contributed by atoms with Gasteiger partial charge in [-0.25, -0.2) is 0 Å². The lowest BCUT2D eigenvalue weighted by Crippen LogP contribution is -1.79. The summed E-state index contributed by atoms with van der Waals surface area (Å²) in [6.07, 6.45) is 6.19. The Bertz CT molecular complexity index is 257. The van der Waals surface area contributed by atoms with Gasteiger partial charge in [0.05, 0.1) is 0 Å². The number of hydrogen-bond acceptors (Lipinski definition) is 0. The molecule has 0 amide bonds. The van der Waals surface area contributed by atoms with Crippen molar-refractivity contribution in [3.63, 3.8) is 0 Å². The predicted octanol–water partition coefficient (Wildman–Crippen LogP) is 3.52. The first kappa shape index (κ1) is 8.79. The van der Waals surface area contributed by atoms with Crippen molar-refractivity contribution < 1.29 is 0 Å². The van der Waals surface area contributed by atoms with Crippen molar-refractivity contribution >= 4 is 6.08 Å². The third-order valence-corrected chi connectivity index (χ3v) is 1.76. The van der Waals surface area contributed by atoms with E-state index in [1.807, 2.05) is 24.3 Å². The van der Waals surface area contributed by atoms with Crippen LogP contribution in [0.3, 0.4) is 0 Å². The average molecular weight is 158 g/mol. The molecule has 0 spiro atoms. The third kappa shape index (κ3) is 2.75. The zero-order valence-electron chi connectivity index (χ0n) is 7.40. The second kappa shape index (κ2) is 4.55. The highest BCUT2D eigenvalue weighted by atomic mass is 13.9. The molecule has 0 aliphatic carbocycles. The fourth-order valence-electron chi connectivity index (χ4n) is 0.906. The Morgan fingerprint density at radius 3 is 2.50 bits per heavy atom. The average Bonchev–Trinajstić information content (AvgIpc) is 2.16. The van der Waals surface area contributed by atoms with Gasteiger partial charge in [0, 0.05) is 0 Å². The van der Waals surface area contributed by atoms with Crippen LogP contribution in [-0.2, 0) is 0 Å². The highest BCUT2D eigenvalue weighted by Gasteiger charge is 1.87. The lowest BCUT2D eigenvalue weighted by Gasteiger charge is -1.95. The van der Waals surface area contributed by atoms with Gasteiger partial charge in [-0.2, -0.15) is 0 Å². The molecule has 0 aliphatic heterocycles. The molecule has 1 rings (SSSR count). The number of hydrogen-bond donors (Lipinski definition) is 0. The molecule has 0 aromatic heterocycles. The summed E-state index contributed by atoms with van der Waals surface area (Å²) in [7, 11) is 0. The largest absolute Gasteiger partial charge is 0.102 e. The zero-order chi connectivity index (χ0) is 8.81. The van der Waals surface area contributed by atoms with Crippen LogP contribution in [0.5, 0.6) is 0 Å². The van der Waals surface area contributed by atoms with Crippen LogP contribution >= 0.6 is 0 Å². The lowest BCUT2D eigenvalue weighted by molar-refractivity contribution is 0.950. The molecule has 0 bridgehead atoms. The highest BCUT2D eigenvalue weighted by molar-refractivity contribution is 5.49. The summed E-state index contributed by atoms with van der Waals surface area (Å²) >= 11 is 0. The molecule has 1 aromatic carbocycles. The first-order chi connectivity index (χ1) is 5.83. The van der Waals surface area contributed by atoms with E-state index in [2.05, 4.69) is 37.8 Å². The summed E-state index contributed by atoms with van der Waals surface area (Å²) in [5, 5.41) is 0. The van der Waals surface area contributed by atoms with Crippen LogP contribution in [0.15, 0.2) is 49.1 Å². The second-order valence-electron chi connectivity index (χ2n) is 2.86. The molecule has 0 aliphatic rings. The molecule has 0 radical (unpaired) electrons. The van der Waals surface area contributed by atoms with Gasteiger partial charge in [0.2, 0.25) is 0 Å². The Morgan fingerprint density at radius 2 is 1.92 bits per heavy atom. The third-order valence-electron chi connectivity index (χ3n) is 1.76. The smallest absolute Gasteiger partial charge is 0.00812 e. The maximum Gasteiger partial charge on any atom is -0.00812 e. The van der Waals surface area contributed by atoms with E-state index >= 15 is 0 Å². The first-order valence-electron chi connectivity index (χ1n) is 4.18. The molecule has 1 unspecified atom stereocenters. The van der Waals surface area contributed by atoms with Gasteiger partial charge in [0.15, 0.2) is 0 Å². The topological polar surface area (TPSA) is 0 Å². The van der Waals surface area contributed by atoms with Crippen molar-refractivity contribution in [1.29, 1.82) is 0 Å². The van der Waals surface area contributed by atoms with Gasteiger partial charge in [-0.3, -0.25) is 0 Å². The molecule has 12 heavy (non-hydrogen) atoms. The predicted molar refractivity (Wildman–Crippen MR) is 54.8 cm³/mol. The van der Waals surface area contributed by atoms with Crippen LogP contribution in [0.4, 0.5) is 0 Å². The fourth-order valence-corrected chi connectivity index (χ4v) is 0.906. The van der Waals surface area contributed by atoms with Crippen LogP contribution in [0, 0.1) is 5.92 Å². The molecule has 0 fully saturated rings. The number of rotatable bonds is 3. The minimum atomic E-state index is 0.449. The van der Waals surface area contributed by atoms with Crippen LogP contribution in [-0.4, -0.2) is 0 Å². The SMILES string of the molecule is C=CC(C)/C=C\c1ccccc1. The molecule has 0 heterocycles. The Kier molecular flexibility index (Phi) is 3.34. The van der Waals surface area contributed by atoms with Crippen LogP contribution < -0.4 is 0 Å². The molecule has 62 valence electrons. The van der Waals surface area contributed by atoms with E-state index in [1.54, 1.807) is 0 Å². The van der Waals surface area contributed by atoms with Crippen molar-refractivity contribution in [2.75, 3.05) is 0 Å². The van der Waals surface area contributed by atoms with Gasteiger partial charge in [0.1, 0.15) is 0 Å². The highest BCUT2D eigenvalue weighted by Crippen LogP contribution is 2.05. The summed E-state index contributed by atoms with van der Waals surface area (Å²) in [5.41, 5.74) is 1.24. The van der Waals surface area contributed by atoms with Crippen molar-refractivity contribution in [3.05, 3.63) is 54.6 Å². The summed E-state index contributed by atoms with van der Waals surface area (Å²) in [5.74, 6) is 0.449. The fraction of sp³-hybridized carbons (Fsp3) is 0.167. The molecular weight excluding hydrogens is 144 g/mol. The van der Waals surface area contributed by atoms with Crippen LogP contribution in [0.25, 0.3) is 6.08 Å². The van der Waals surface area contributed by atoms with E-state index in [0.717, 1.165) is 0 Å². The van der Waals surface area contributed by atoms with Crippen LogP contribution in [0.1, 0.15) is 12.5 Å². The molecule has 1 atom stereocenters. The molecule has 0 heteroatoms. The van der Waals surface area contributed by atoms with Gasteiger partial charge in [-0.15, -0.1) is 6.58 Å². The zero-order valence-corrected chi connectivity index (χ0v) is 7.40. The number of benzene rings is 1. The minimum Gasteiger partial charge on any atom is -0.102 e. The summed E-state index contributed by atoms with van der Waals surface area (Å²) in [4.78, 5) is 0. The Hall–Kier alpha value is -1.30. The van der Waals surface area contributed by atoms with Gasteiger partial charge in [-0.1, -0.05) is 55.5 Å². The van der Waals surface area contributed by atoms with Crippen molar-refractivity contribution in [3.8, 4) is 0 Å². The monoisotopic (exact) mass is 158 g/mol. The normalized spacial score (nSPS) is 13.1. The van der Waals surface area contributed by atoms with Gasteiger partial charge >= 0.3 is 0 Å². The van der Waals surface area contributed by atoms with Crippen molar-refractivity contribution in [2.24, 2.45) is 5.92 Å². The van der Waals surface area contributed by atoms with E-state index in [0.29, 0.717) is 5.92 Å². The van der Waals surface area contributed by atoms with E-state index in [1.165, 1.54) is 5.56 Å². The maximum absolute atomic E-state index is 3.72. The molecule has 0 saturated heterocycles. The standard InChI is InChI=1S/C12H14/c1-3-11(2)9-10-12-7-5-4-6-8-12/h3-11H,1H2,2H3/b10-9-. The minimum absolute atomic E-state index is 0.449.